The molecule has 6 rings (SSSR count). The van der Waals surface area contributed by atoms with Crippen molar-refractivity contribution in [1.29, 1.82) is 0 Å². The second-order valence-corrected chi connectivity index (χ2v) is 9.99. The van der Waals surface area contributed by atoms with Gasteiger partial charge in [-0.25, -0.2) is 0 Å². The fraction of sp³-hybridized carbons (Fsp3) is 0.242. The van der Waals surface area contributed by atoms with Gasteiger partial charge in [-0.15, -0.1) is 0 Å². The Morgan fingerprint density at radius 2 is 1.77 bits per heavy atom. The highest BCUT2D eigenvalue weighted by Gasteiger charge is 2.26. The van der Waals surface area contributed by atoms with Crippen molar-refractivity contribution in [2.24, 2.45) is 0 Å². The zero-order chi connectivity index (χ0) is 26.9. The highest BCUT2D eigenvalue weighted by atomic mass is 16.6. The molecule has 0 heterocycles. The Balaban J connectivity index is 1.50. The Kier molecular flexibility index (Phi) is 6.61. The third-order valence-electron chi connectivity index (χ3n) is 7.73. The monoisotopic (exact) mass is 519 g/mol. The summed E-state index contributed by atoms with van der Waals surface area (Å²) in [6, 6.07) is 19.9. The van der Waals surface area contributed by atoms with Crippen LogP contribution in [-0.4, -0.2) is 24.1 Å². The molecule has 0 saturated carbocycles. The van der Waals surface area contributed by atoms with E-state index in [1.807, 2.05) is 24.3 Å². The lowest BCUT2D eigenvalue weighted by Gasteiger charge is -2.25. The van der Waals surface area contributed by atoms with Gasteiger partial charge < -0.3 is 9.47 Å². The lowest BCUT2D eigenvalue weighted by atomic mass is 9.79. The van der Waals surface area contributed by atoms with Crippen molar-refractivity contribution < 1.29 is 19.2 Å². The number of carbonyl (C=O) groups is 1. The largest absolute Gasteiger partial charge is 0.483 e. The zero-order valence-corrected chi connectivity index (χ0v) is 21.9. The van der Waals surface area contributed by atoms with E-state index in [1.54, 1.807) is 19.1 Å². The Labute approximate surface area is 226 Å². The summed E-state index contributed by atoms with van der Waals surface area (Å²) in [6.07, 6.45) is 9.04. The van der Waals surface area contributed by atoms with Crippen LogP contribution in [0.5, 0.6) is 5.75 Å². The van der Waals surface area contributed by atoms with Gasteiger partial charge in [0, 0.05) is 12.0 Å². The maximum Gasteiger partial charge on any atom is 0.319 e. The van der Waals surface area contributed by atoms with Gasteiger partial charge in [0.05, 0.1) is 10.3 Å². The van der Waals surface area contributed by atoms with Crippen LogP contribution in [0.25, 0.3) is 38.2 Å². The molecule has 0 fully saturated rings. The van der Waals surface area contributed by atoms with Gasteiger partial charge in [0.2, 0.25) is 5.75 Å². The van der Waals surface area contributed by atoms with Gasteiger partial charge in [-0.05, 0) is 82.3 Å². The lowest BCUT2D eigenvalue weighted by Crippen LogP contribution is -2.12. The number of fused-ring (bicyclic) bond motifs is 5. The summed E-state index contributed by atoms with van der Waals surface area (Å²) in [5, 5.41) is 16.0. The summed E-state index contributed by atoms with van der Waals surface area (Å²) in [5.74, 6) is -0.146. The molecule has 6 nitrogen and oxygen atoms in total. The summed E-state index contributed by atoms with van der Waals surface area (Å²) in [6.45, 7) is 1.76. The van der Waals surface area contributed by atoms with Crippen LogP contribution in [0.15, 0.2) is 78.4 Å². The number of esters is 1. The highest BCUT2D eigenvalue weighted by molar-refractivity contribution is 6.02. The predicted molar refractivity (Wildman–Crippen MR) is 154 cm³/mol. The Hall–Kier alpha value is -4.45. The van der Waals surface area contributed by atoms with Gasteiger partial charge in [-0.2, -0.15) is 0 Å². The van der Waals surface area contributed by atoms with E-state index in [4.69, 9.17) is 9.47 Å². The standard InChI is InChI=1S/C33H29NO5/c1-2-31(35)38-17-18-39-33-30(20-23-8-4-6-10-26(23)32(33)34(36)37)24-12-11-22-14-15-27-25-9-5-3-7-21(25)13-16-28(27)29(22)19-24/h4-6,8-12,14-15,19-20H,2-3,7,13,16-18H2,1H3. The fourth-order valence-corrected chi connectivity index (χ4v) is 5.85. The van der Waals surface area contributed by atoms with Crippen LogP contribution in [-0.2, 0) is 16.0 Å². The van der Waals surface area contributed by atoms with Crippen molar-refractivity contribution in [3.05, 3.63) is 99.6 Å². The summed E-state index contributed by atoms with van der Waals surface area (Å²) in [5.41, 5.74) is 6.91. The molecule has 0 amide bonds. The molecule has 2 aliphatic rings. The molecule has 39 heavy (non-hydrogen) atoms. The number of ether oxygens (including phenoxy) is 2. The lowest BCUT2D eigenvalue weighted by molar-refractivity contribution is -0.384. The Bertz CT molecular complexity index is 1700. The first-order valence-electron chi connectivity index (χ1n) is 13.5. The molecular weight excluding hydrogens is 490 g/mol. The molecule has 2 aliphatic carbocycles. The van der Waals surface area contributed by atoms with Crippen molar-refractivity contribution in [3.63, 3.8) is 0 Å². The van der Waals surface area contributed by atoms with Gasteiger partial charge in [-0.1, -0.05) is 67.1 Å². The van der Waals surface area contributed by atoms with Crippen molar-refractivity contribution >= 4 is 38.8 Å². The second-order valence-electron chi connectivity index (χ2n) is 9.99. The number of aryl methyl sites for hydroxylation is 1. The Morgan fingerprint density at radius 1 is 0.923 bits per heavy atom. The average Bonchev–Trinajstić information content (AvgIpc) is 2.97. The molecule has 0 radical (unpaired) electrons. The van der Waals surface area contributed by atoms with Gasteiger partial charge in [0.1, 0.15) is 13.2 Å². The smallest absolute Gasteiger partial charge is 0.319 e. The molecule has 4 aromatic rings. The molecule has 0 aromatic heterocycles. The molecular formula is C33H29NO5. The quantitative estimate of drug-likeness (QED) is 0.107. The predicted octanol–water partition coefficient (Wildman–Crippen LogP) is 7.95. The maximum atomic E-state index is 12.4. The fourth-order valence-electron chi connectivity index (χ4n) is 5.85. The van der Waals surface area contributed by atoms with E-state index in [0.29, 0.717) is 10.9 Å². The first-order valence-corrected chi connectivity index (χ1v) is 13.5. The van der Waals surface area contributed by atoms with E-state index in [9.17, 15) is 14.9 Å². The molecule has 0 spiro atoms. The number of benzene rings is 4. The van der Waals surface area contributed by atoms with Crippen molar-refractivity contribution in [1.82, 2.24) is 0 Å². The Morgan fingerprint density at radius 3 is 2.62 bits per heavy atom. The third-order valence-corrected chi connectivity index (χ3v) is 7.73. The van der Waals surface area contributed by atoms with E-state index in [-0.39, 0.29) is 42.0 Å². The average molecular weight is 520 g/mol. The van der Waals surface area contributed by atoms with Crippen LogP contribution >= 0.6 is 0 Å². The van der Waals surface area contributed by atoms with Crippen LogP contribution in [0.1, 0.15) is 43.7 Å². The molecule has 0 aliphatic heterocycles. The van der Waals surface area contributed by atoms with Crippen LogP contribution in [0.2, 0.25) is 0 Å². The molecule has 6 heteroatoms. The van der Waals surface area contributed by atoms with E-state index < -0.39 is 0 Å². The summed E-state index contributed by atoms with van der Waals surface area (Å²) in [7, 11) is 0. The van der Waals surface area contributed by atoms with E-state index >= 15 is 0 Å². The molecule has 0 unspecified atom stereocenters. The maximum absolute atomic E-state index is 12.4. The number of nitrogens with zero attached hydrogens (tertiary/aromatic N) is 1. The molecule has 4 aromatic carbocycles. The van der Waals surface area contributed by atoms with Gasteiger partial charge in [0.15, 0.2) is 0 Å². The summed E-state index contributed by atoms with van der Waals surface area (Å²) >= 11 is 0. The topological polar surface area (TPSA) is 78.7 Å². The van der Waals surface area contributed by atoms with E-state index in [2.05, 4.69) is 36.4 Å². The molecule has 0 N–H and O–H groups in total. The number of carbonyl (C=O) groups excluding carboxylic acids is 1. The molecule has 0 atom stereocenters. The van der Waals surface area contributed by atoms with Crippen molar-refractivity contribution in [2.75, 3.05) is 13.2 Å². The summed E-state index contributed by atoms with van der Waals surface area (Å²) in [4.78, 5) is 23.6. The number of rotatable bonds is 7. The minimum atomic E-state index is -0.383. The van der Waals surface area contributed by atoms with Gasteiger partial charge in [-0.3, -0.25) is 14.9 Å². The molecule has 196 valence electrons. The van der Waals surface area contributed by atoms with Gasteiger partial charge in [0.25, 0.3) is 0 Å². The molecule has 0 bridgehead atoms. The molecule has 0 saturated heterocycles. The zero-order valence-electron chi connectivity index (χ0n) is 21.9. The minimum Gasteiger partial charge on any atom is -0.483 e. The second kappa shape index (κ2) is 10.4. The van der Waals surface area contributed by atoms with Crippen LogP contribution in [0.3, 0.4) is 0 Å². The van der Waals surface area contributed by atoms with Crippen molar-refractivity contribution in [3.8, 4) is 16.9 Å². The minimum absolute atomic E-state index is 0.0180. The number of hydrogen-bond acceptors (Lipinski definition) is 5. The van der Waals surface area contributed by atoms with Crippen LogP contribution in [0.4, 0.5) is 5.69 Å². The highest BCUT2D eigenvalue weighted by Crippen LogP contribution is 2.45. The SMILES string of the molecule is CCC(=O)OCCOc1c(-c2ccc3ccc4c(c3c2)CCC2=C4C=CCC2)cc2ccccc2c1[N+](=O)[O-]. The first kappa shape index (κ1) is 24.9. The number of allylic oxidation sites excluding steroid dienone is 4. The third kappa shape index (κ3) is 4.56. The van der Waals surface area contributed by atoms with Crippen molar-refractivity contribution in [2.45, 2.75) is 39.0 Å². The first-order chi connectivity index (χ1) is 19.0. The number of hydrogen-bond donors (Lipinski definition) is 0. The van der Waals surface area contributed by atoms with E-state index in [0.717, 1.165) is 47.4 Å². The van der Waals surface area contributed by atoms with Gasteiger partial charge >= 0.3 is 11.7 Å². The normalized spacial score (nSPS) is 14.3. The number of nitro groups is 1. The van der Waals surface area contributed by atoms with Crippen LogP contribution in [0, 0.1) is 10.1 Å². The van der Waals surface area contributed by atoms with E-state index in [1.165, 1.54) is 22.3 Å². The summed E-state index contributed by atoms with van der Waals surface area (Å²) < 4.78 is 11.2. The number of nitro benzene ring substituents is 1. The van der Waals surface area contributed by atoms with Crippen LogP contribution < -0.4 is 4.74 Å².